The molecule has 124 valence electrons. The van der Waals surface area contributed by atoms with E-state index in [9.17, 15) is 10.2 Å². The fraction of sp³-hybridized carbons (Fsp3) is 0.700. The van der Waals surface area contributed by atoms with Gasteiger partial charge in [0.05, 0.1) is 11.7 Å². The van der Waals surface area contributed by atoms with Crippen LogP contribution in [0.5, 0.6) is 0 Å². The van der Waals surface area contributed by atoms with Gasteiger partial charge in [-0.25, -0.2) is 0 Å². The average molecular weight is 304 g/mol. The van der Waals surface area contributed by atoms with Crippen molar-refractivity contribution in [3.8, 4) is 0 Å². The fourth-order valence-electron chi connectivity index (χ4n) is 4.07. The van der Waals surface area contributed by atoms with Gasteiger partial charge in [0.2, 0.25) is 0 Å². The van der Waals surface area contributed by atoms with E-state index < -0.39 is 11.7 Å². The summed E-state index contributed by atoms with van der Waals surface area (Å²) in [7, 11) is 0. The number of hydrogen-bond donors (Lipinski definition) is 2. The zero-order valence-electron chi connectivity index (χ0n) is 14.6. The highest BCUT2D eigenvalue weighted by Crippen LogP contribution is 2.46. The summed E-state index contributed by atoms with van der Waals surface area (Å²) in [4.78, 5) is 0. The molecule has 1 fully saturated rings. The second-order valence-corrected chi connectivity index (χ2v) is 7.82. The molecular weight excluding hydrogens is 272 g/mol. The van der Waals surface area contributed by atoms with E-state index in [0.29, 0.717) is 12.3 Å². The molecule has 1 saturated carbocycles. The lowest BCUT2D eigenvalue weighted by Gasteiger charge is -2.30. The summed E-state index contributed by atoms with van der Waals surface area (Å²) >= 11 is 0. The maximum atomic E-state index is 10.8. The molecule has 0 aromatic carbocycles. The molecule has 0 saturated heterocycles. The first-order valence-corrected chi connectivity index (χ1v) is 8.67. The highest BCUT2D eigenvalue weighted by Gasteiger charge is 2.43. The SMILES string of the molecule is C=C1CC/C=C(\C)C[C@H](O)/C(C(C)C)=C/[C@H]2[C@@H]1CC[C@]2(C)O. The number of aliphatic hydroxyl groups excluding tert-OH is 1. The molecule has 0 bridgehead atoms. The molecule has 2 aliphatic carbocycles. The van der Waals surface area contributed by atoms with E-state index in [1.165, 1.54) is 11.1 Å². The van der Waals surface area contributed by atoms with Crippen molar-refractivity contribution < 1.29 is 10.2 Å². The van der Waals surface area contributed by atoms with Crippen LogP contribution in [0, 0.1) is 17.8 Å². The minimum Gasteiger partial charge on any atom is -0.390 e. The summed E-state index contributed by atoms with van der Waals surface area (Å²) in [5.41, 5.74) is 2.87. The second kappa shape index (κ2) is 6.72. The van der Waals surface area contributed by atoms with Crippen LogP contribution in [0.3, 0.4) is 0 Å². The van der Waals surface area contributed by atoms with Crippen LogP contribution in [-0.2, 0) is 0 Å². The van der Waals surface area contributed by atoms with Crippen LogP contribution in [0.15, 0.2) is 35.5 Å². The predicted octanol–water partition coefficient (Wildman–Crippen LogP) is 4.39. The van der Waals surface area contributed by atoms with E-state index in [1.807, 2.05) is 6.92 Å². The summed E-state index contributed by atoms with van der Waals surface area (Å²) in [5, 5.41) is 21.5. The van der Waals surface area contributed by atoms with Crippen LogP contribution in [0.4, 0.5) is 0 Å². The van der Waals surface area contributed by atoms with Crippen LogP contribution < -0.4 is 0 Å². The predicted molar refractivity (Wildman–Crippen MR) is 92.5 cm³/mol. The summed E-state index contributed by atoms with van der Waals surface area (Å²) in [6.45, 7) is 12.6. The summed E-state index contributed by atoms with van der Waals surface area (Å²) < 4.78 is 0. The molecular formula is C20H32O2. The van der Waals surface area contributed by atoms with E-state index in [0.717, 1.165) is 31.3 Å². The van der Waals surface area contributed by atoms with Gasteiger partial charge in [-0.05, 0) is 63.4 Å². The van der Waals surface area contributed by atoms with Crippen molar-refractivity contribution >= 4 is 0 Å². The maximum Gasteiger partial charge on any atom is 0.0789 e. The van der Waals surface area contributed by atoms with E-state index >= 15 is 0 Å². The third-order valence-electron chi connectivity index (χ3n) is 5.53. The molecule has 0 spiro atoms. The van der Waals surface area contributed by atoms with Gasteiger partial charge in [0, 0.05) is 5.92 Å². The Morgan fingerprint density at radius 3 is 2.68 bits per heavy atom. The van der Waals surface area contributed by atoms with Gasteiger partial charge in [-0.2, -0.15) is 0 Å². The van der Waals surface area contributed by atoms with E-state index in [-0.39, 0.29) is 11.8 Å². The summed E-state index contributed by atoms with van der Waals surface area (Å²) in [5.74, 6) is 0.696. The van der Waals surface area contributed by atoms with Crippen molar-refractivity contribution in [1.82, 2.24) is 0 Å². The standard InChI is InChI=1S/C20H32O2/c1-13(2)17-12-18-16(9-10-20(18,5)22)15(4)8-6-7-14(3)11-19(17)21/h7,12-13,16,18-19,21-22H,4,6,8-11H2,1-3,5H3/b14-7+,17-12+/t16-,18+,19+,20+/m1/s1. The molecule has 2 nitrogen and oxygen atoms in total. The van der Waals surface area contributed by atoms with Crippen molar-refractivity contribution in [1.29, 1.82) is 0 Å². The molecule has 0 aliphatic heterocycles. The first-order chi connectivity index (χ1) is 10.2. The lowest BCUT2D eigenvalue weighted by molar-refractivity contribution is 0.0319. The molecule has 4 atom stereocenters. The van der Waals surface area contributed by atoms with Gasteiger partial charge in [0.1, 0.15) is 0 Å². The zero-order valence-corrected chi connectivity index (χ0v) is 14.6. The Kier molecular flexibility index (Phi) is 5.34. The minimum absolute atomic E-state index is 0.0745. The highest BCUT2D eigenvalue weighted by molar-refractivity contribution is 5.24. The number of fused-ring (bicyclic) bond motifs is 1. The Morgan fingerprint density at radius 2 is 2.05 bits per heavy atom. The molecule has 0 unspecified atom stereocenters. The van der Waals surface area contributed by atoms with Crippen LogP contribution in [0.1, 0.15) is 59.8 Å². The normalized spacial score (nSPS) is 42.1. The molecule has 0 amide bonds. The first kappa shape index (κ1) is 17.5. The van der Waals surface area contributed by atoms with Crippen LogP contribution in [0.2, 0.25) is 0 Å². The molecule has 0 aromatic heterocycles. The molecule has 2 aliphatic rings. The van der Waals surface area contributed by atoms with E-state index in [2.05, 4.69) is 39.5 Å². The quantitative estimate of drug-likeness (QED) is 0.705. The number of aliphatic hydroxyl groups is 2. The fourth-order valence-corrected chi connectivity index (χ4v) is 4.07. The van der Waals surface area contributed by atoms with Crippen molar-refractivity contribution in [2.24, 2.45) is 17.8 Å². The van der Waals surface area contributed by atoms with Crippen LogP contribution in [-0.4, -0.2) is 21.9 Å². The lowest BCUT2D eigenvalue weighted by atomic mass is 9.79. The van der Waals surface area contributed by atoms with Crippen molar-refractivity contribution in [3.63, 3.8) is 0 Å². The molecule has 2 rings (SSSR count). The Hall–Kier alpha value is -0.860. The maximum absolute atomic E-state index is 10.8. The topological polar surface area (TPSA) is 40.5 Å². The third kappa shape index (κ3) is 3.72. The molecule has 2 N–H and O–H groups in total. The van der Waals surface area contributed by atoms with Crippen molar-refractivity contribution in [2.75, 3.05) is 0 Å². The smallest absolute Gasteiger partial charge is 0.0789 e. The first-order valence-electron chi connectivity index (χ1n) is 8.67. The lowest BCUT2D eigenvalue weighted by Crippen LogP contribution is -2.32. The Morgan fingerprint density at radius 1 is 1.36 bits per heavy atom. The van der Waals surface area contributed by atoms with Crippen LogP contribution >= 0.6 is 0 Å². The van der Waals surface area contributed by atoms with Gasteiger partial charge >= 0.3 is 0 Å². The number of rotatable bonds is 1. The van der Waals surface area contributed by atoms with E-state index in [1.54, 1.807) is 0 Å². The van der Waals surface area contributed by atoms with Gasteiger partial charge in [-0.3, -0.25) is 0 Å². The monoisotopic (exact) mass is 304 g/mol. The van der Waals surface area contributed by atoms with Crippen LogP contribution in [0.25, 0.3) is 0 Å². The highest BCUT2D eigenvalue weighted by atomic mass is 16.3. The van der Waals surface area contributed by atoms with Gasteiger partial charge in [0.15, 0.2) is 0 Å². The number of hydrogen-bond acceptors (Lipinski definition) is 2. The van der Waals surface area contributed by atoms with Gasteiger partial charge in [0.25, 0.3) is 0 Å². The van der Waals surface area contributed by atoms with Gasteiger partial charge < -0.3 is 10.2 Å². The summed E-state index contributed by atoms with van der Waals surface area (Å²) in [6, 6.07) is 0. The Labute approximate surface area is 135 Å². The summed E-state index contributed by atoms with van der Waals surface area (Å²) in [6.07, 6.45) is 8.44. The van der Waals surface area contributed by atoms with Crippen molar-refractivity contribution in [3.05, 3.63) is 35.5 Å². The largest absolute Gasteiger partial charge is 0.390 e. The molecule has 2 heteroatoms. The molecule has 0 radical (unpaired) electrons. The Balaban J connectivity index is 2.44. The second-order valence-electron chi connectivity index (χ2n) is 7.82. The minimum atomic E-state index is -0.690. The average Bonchev–Trinajstić information content (AvgIpc) is 2.68. The third-order valence-corrected chi connectivity index (χ3v) is 5.53. The Bertz CT molecular complexity index is 482. The van der Waals surface area contributed by atoms with E-state index in [4.69, 9.17) is 0 Å². The number of allylic oxidation sites excluding steroid dienone is 2. The molecule has 0 heterocycles. The van der Waals surface area contributed by atoms with Gasteiger partial charge in [-0.1, -0.05) is 43.7 Å². The van der Waals surface area contributed by atoms with Gasteiger partial charge in [-0.15, -0.1) is 0 Å². The molecule has 22 heavy (non-hydrogen) atoms. The molecule has 0 aromatic rings. The van der Waals surface area contributed by atoms with Crippen molar-refractivity contribution in [2.45, 2.75) is 71.5 Å². The zero-order chi connectivity index (χ0) is 16.5.